The predicted molar refractivity (Wildman–Crippen MR) is 46.7 cm³/mol. The Kier molecular flexibility index (Phi) is 3.60. The van der Waals surface area contributed by atoms with E-state index in [0.717, 1.165) is 0 Å². The summed E-state index contributed by atoms with van der Waals surface area (Å²) in [5.74, 6) is 0.100. The van der Waals surface area contributed by atoms with Crippen LogP contribution in [0.15, 0.2) is 6.07 Å². The van der Waals surface area contributed by atoms with Gasteiger partial charge in [0.05, 0.1) is 19.3 Å². The first kappa shape index (κ1) is 11.1. The summed E-state index contributed by atoms with van der Waals surface area (Å²) in [5, 5.41) is 8.49. The minimum atomic E-state index is -2.76. The van der Waals surface area contributed by atoms with Crippen LogP contribution in [0.3, 0.4) is 0 Å². The summed E-state index contributed by atoms with van der Waals surface area (Å²) >= 11 is 5.50. The minimum Gasteiger partial charge on any atom is -0.481 e. The summed E-state index contributed by atoms with van der Waals surface area (Å²) in [6, 6.07) is 1.23. The molecule has 0 amide bonds. The zero-order valence-corrected chi connectivity index (χ0v) is 8.05. The molecule has 1 heterocycles. The highest BCUT2D eigenvalue weighted by molar-refractivity contribution is 6.30. The number of aromatic nitrogens is 1. The molecule has 78 valence electrons. The molecule has 0 atom stereocenters. The maximum absolute atomic E-state index is 12.4. The van der Waals surface area contributed by atoms with Crippen LogP contribution in [0.1, 0.15) is 17.6 Å². The molecular weight excluding hydrogens is 216 g/mol. The quantitative estimate of drug-likeness (QED) is 0.799. The highest BCUT2D eigenvalue weighted by atomic mass is 35.5. The fourth-order valence-corrected chi connectivity index (χ4v) is 1.30. The summed E-state index contributed by atoms with van der Waals surface area (Å²) in [5.41, 5.74) is -0.424. The molecule has 0 unspecified atom stereocenters. The van der Waals surface area contributed by atoms with E-state index in [-0.39, 0.29) is 16.6 Å². The Balaban J connectivity index is 3.27. The lowest BCUT2D eigenvalue weighted by atomic mass is 10.1. The Hall–Kier alpha value is -0.940. The molecule has 0 aliphatic rings. The molecule has 1 aromatic heterocycles. The van der Waals surface area contributed by atoms with Crippen molar-refractivity contribution in [1.29, 1.82) is 0 Å². The number of hydrogen-bond acceptors (Lipinski definition) is 3. The van der Waals surface area contributed by atoms with E-state index >= 15 is 0 Å². The molecule has 0 saturated heterocycles. The van der Waals surface area contributed by atoms with Crippen LogP contribution >= 0.6 is 11.6 Å². The van der Waals surface area contributed by atoms with Crippen molar-refractivity contribution in [2.45, 2.75) is 13.0 Å². The normalized spacial score (nSPS) is 10.7. The molecule has 0 aliphatic carbocycles. The van der Waals surface area contributed by atoms with Crippen molar-refractivity contribution >= 4 is 11.6 Å². The molecule has 0 spiro atoms. The molecule has 0 aliphatic heterocycles. The standard InChI is InChI=1S/C8H8ClF2NO2/c1-14-5-2-4(3-13)6(8(10)11)7(9)12-5/h2,8,13H,3H2,1H3. The molecule has 0 bridgehead atoms. The molecule has 1 rings (SSSR count). The zero-order valence-electron chi connectivity index (χ0n) is 7.30. The van der Waals surface area contributed by atoms with Gasteiger partial charge in [-0.2, -0.15) is 0 Å². The topological polar surface area (TPSA) is 42.4 Å². The molecule has 14 heavy (non-hydrogen) atoms. The molecule has 0 radical (unpaired) electrons. The van der Waals surface area contributed by atoms with Crippen LogP contribution in [0.5, 0.6) is 5.88 Å². The lowest BCUT2D eigenvalue weighted by molar-refractivity contribution is 0.146. The minimum absolute atomic E-state index is 0.0249. The molecule has 6 heteroatoms. The van der Waals surface area contributed by atoms with E-state index in [1.165, 1.54) is 13.2 Å². The van der Waals surface area contributed by atoms with Crippen molar-refractivity contribution in [3.05, 3.63) is 22.3 Å². The van der Waals surface area contributed by atoms with E-state index in [1.54, 1.807) is 0 Å². The zero-order chi connectivity index (χ0) is 10.7. The van der Waals surface area contributed by atoms with Gasteiger partial charge in [-0.15, -0.1) is 0 Å². The number of nitrogens with zero attached hydrogens (tertiary/aromatic N) is 1. The number of aliphatic hydroxyl groups excluding tert-OH is 1. The Labute approximate surface area is 84.3 Å². The second kappa shape index (κ2) is 4.52. The number of methoxy groups -OCH3 is 1. The monoisotopic (exact) mass is 223 g/mol. The first-order valence-corrected chi connectivity index (χ1v) is 4.10. The number of halogens is 3. The maximum atomic E-state index is 12.4. The third-order valence-electron chi connectivity index (χ3n) is 1.67. The second-order valence-electron chi connectivity index (χ2n) is 2.49. The van der Waals surface area contributed by atoms with Gasteiger partial charge in [0.2, 0.25) is 5.88 Å². The van der Waals surface area contributed by atoms with Crippen molar-refractivity contribution in [2.24, 2.45) is 0 Å². The Morgan fingerprint density at radius 1 is 1.64 bits per heavy atom. The molecule has 0 fully saturated rings. The van der Waals surface area contributed by atoms with Crippen molar-refractivity contribution in [1.82, 2.24) is 4.98 Å². The summed E-state index contributed by atoms with van der Waals surface area (Å²) < 4.78 is 29.6. The average Bonchev–Trinajstić information content (AvgIpc) is 2.15. The molecule has 0 aromatic carbocycles. The van der Waals surface area contributed by atoms with E-state index in [9.17, 15) is 8.78 Å². The van der Waals surface area contributed by atoms with Gasteiger partial charge in [-0.1, -0.05) is 11.6 Å². The van der Waals surface area contributed by atoms with Gasteiger partial charge < -0.3 is 9.84 Å². The van der Waals surface area contributed by atoms with Crippen molar-refractivity contribution in [2.75, 3.05) is 7.11 Å². The SMILES string of the molecule is COc1cc(CO)c(C(F)F)c(Cl)n1. The van der Waals surface area contributed by atoms with Gasteiger partial charge in [0.25, 0.3) is 6.43 Å². The lowest BCUT2D eigenvalue weighted by Gasteiger charge is -2.09. The van der Waals surface area contributed by atoms with Crippen LogP contribution in [0, 0.1) is 0 Å². The predicted octanol–water partition coefficient (Wildman–Crippen LogP) is 2.17. The summed E-state index contributed by atoms with van der Waals surface area (Å²) in [6.07, 6.45) is -2.76. The number of pyridine rings is 1. The number of alkyl halides is 2. The molecular formula is C8H8ClF2NO2. The highest BCUT2D eigenvalue weighted by Crippen LogP contribution is 2.31. The fourth-order valence-electron chi connectivity index (χ4n) is 1.01. The Morgan fingerprint density at radius 2 is 2.29 bits per heavy atom. The largest absolute Gasteiger partial charge is 0.481 e. The highest BCUT2D eigenvalue weighted by Gasteiger charge is 2.19. The molecule has 1 N–H and O–H groups in total. The van der Waals surface area contributed by atoms with E-state index in [1.807, 2.05) is 0 Å². The lowest BCUT2D eigenvalue weighted by Crippen LogP contribution is -2.00. The van der Waals surface area contributed by atoms with Gasteiger partial charge in [0.15, 0.2) is 0 Å². The van der Waals surface area contributed by atoms with E-state index in [2.05, 4.69) is 4.98 Å². The van der Waals surface area contributed by atoms with Gasteiger partial charge >= 0.3 is 0 Å². The second-order valence-corrected chi connectivity index (χ2v) is 2.85. The van der Waals surface area contributed by atoms with Gasteiger partial charge in [-0.25, -0.2) is 13.8 Å². The average molecular weight is 224 g/mol. The first-order chi connectivity index (χ1) is 6.60. The maximum Gasteiger partial charge on any atom is 0.267 e. The van der Waals surface area contributed by atoms with E-state index < -0.39 is 18.6 Å². The Morgan fingerprint density at radius 3 is 2.71 bits per heavy atom. The fraction of sp³-hybridized carbons (Fsp3) is 0.375. The van der Waals surface area contributed by atoms with Gasteiger partial charge in [-0.3, -0.25) is 0 Å². The van der Waals surface area contributed by atoms with Crippen molar-refractivity contribution in [3.8, 4) is 5.88 Å². The van der Waals surface area contributed by atoms with Crippen LogP contribution in [0.2, 0.25) is 5.15 Å². The van der Waals surface area contributed by atoms with Gasteiger partial charge in [0, 0.05) is 6.07 Å². The van der Waals surface area contributed by atoms with E-state index in [4.69, 9.17) is 21.4 Å². The first-order valence-electron chi connectivity index (χ1n) is 3.72. The molecule has 1 aromatic rings. The summed E-state index contributed by atoms with van der Waals surface area (Å²) in [7, 11) is 1.34. The van der Waals surface area contributed by atoms with Crippen LogP contribution in [0.25, 0.3) is 0 Å². The third kappa shape index (κ3) is 2.10. The molecule has 3 nitrogen and oxygen atoms in total. The van der Waals surface area contributed by atoms with Crippen LogP contribution < -0.4 is 4.74 Å². The number of hydrogen-bond donors (Lipinski definition) is 1. The summed E-state index contributed by atoms with van der Waals surface area (Å²) in [4.78, 5) is 3.57. The smallest absolute Gasteiger partial charge is 0.267 e. The van der Waals surface area contributed by atoms with E-state index in [0.29, 0.717) is 0 Å². The summed E-state index contributed by atoms with van der Waals surface area (Å²) in [6.45, 7) is -0.529. The van der Waals surface area contributed by atoms with Crippen molar-refractivity contribution in [3.63, 3.8) is 0 Å². The van der Waals surface area contributed by atoms with Crippen LogP contribution in [0.4, 0.5) is 8.78 Å². The Bertz CT molecular complexity index is 333. The number of aliphatic hydroxyl groups is 1. The third-order valence-corrected chi connectivity index (χ3v) is 1.96. The van der Waals surface area contributed by atoms with Crippen LogP contribution in [-0.4, -0.2) is 17.2 Å². The van der Waals surface area contributed by atoms with Crippen LogP contribution in [-0.2, 0) is 6.61 Å². The van der Waals surface area contributed by atoms with Crippen molar-refractivity contribution < 1.29 is 18.6 Å². The number of rotatable bonds is 3. The van der Waals surface area contributed by atoms with Gasteiger partial charge in [0.1, 0.15) is 5.15 Å². The van der Waals surface area contributed by atoms with Gasteiger partial charge in [-0.05, 0) is 5.56 Å². The molecule has 0 saturated carbocycles. The number of ether oxygens (including phenoxy) is 1.